The number of rotatable bonds is 3. The molecule has 0 aromatic carbocycles. The van der Waals surface area contributed by atoms with Crippen LogP contribution in [-0.4, -0.2) is 6.61 Å². The largest absolute Gasteiger partial charge is 0.440 e. The SMILES string of the molecule is C=CCO[S-](=O)=S. The molecule has 7 heavy (non-hydrogen) atoms. The smallest absolute Gasteiger partial charge is 0.0440 e. The van der Waals surface area contributed by atoms with Crippen molar-refractivity contribution in [2.24, 2.45) is 0 Å². The molecular weight excluding hydrogens is 132 g/mol. The topological polar surface area (TPSA) is 26.3 Å². The van der Waals surface area contributed by atoms with Crippen LogP contribution in [0.5, 0.6) is 0 Å². The molecule has 0 N–H and O–H groups in total. The summed E-state index contributed by atoms with van der Waals surface area (Å²) in [5.74, 6) is 0. The van der Waals surface area contributed by atoms with Gasteiger partial charge in [0.1, 0.15) is 0 Å². The Bertz CT molecular complexity index is 108. The normalized spacial score (nSPS) is 9.29. The van der Waals surface area contributed by atoms with Gasteiger partial charge < -0.3 is 8.39 Å². The summed E-state index contributed by atoms with van der Waals surface area (Å²) in [6.07, 6.45) is 1.49. The summed E-state index contributed by atoms with van der Waals surface area (Å²) < 4.78 is 14.2. The van der Waals surface area contributed by atoms with E-state index in [4.69, 9.17) is 0 Å². The zero-order chi connectivity index (χ0) is 5.70. The van der Waals surface area contributed by atoms with Gasteiger partial charge in [0.2, 0.25) is 0 Å². The molecule has 0 saturated carbocycles. The Kier molecular flexibility index (Phi) is 4.28. The standard InChI is InChI=1S/C3H5O2S2/c1-2-3-5-7(4)6/h2H,1,3H2/q-1. The number of hydrogen-bond donors (Lipinski definition) is 0. The van der Waals surface area contributed by atoms with Gasteiger partial charge in [-0.05, 0) is 0 Å². The zero-order valence-corrected chi connectivity index (χ0v) is 5.26. The minimum absolute atomic E-state index is 0.260. The lowest BCUT2D eigenvalue weighted by atomic mass is 10.7. The second kappa shape index (κ2) is 4.23. The Hall–Kier alpha value is 0.0700. The molecule has 0 fully saturated rings. The molecule has 0 aromatic rings. The van der Waals surface area contributed by atoms with Crippen molar-refractivity contribution >= 4 is 20.8 Å². The Labute approximate surface area is 49.1 Å². The molecule has 0 radical (unpaired) electrons. The Morgan fingerprint density at radius 2 is 2.57 bits per heavy atom. The van der Waals surface area contributed by atoms with Gasteiger partial charge in [0, 0.05) is 6.61 Å². The summed E-state index contributed by atoms with van der Waals surface area (Å²) in [5, 5.41) is 0. The maximum atomic E-state index is 9.86. The van der Waals surface area contributed by atoms with Gasteiger partial charge in [-0.3, -0.25) is 0 Å². The monoisotopic (exact) mass is 137 g/mol. The Morgan fingerprint density at radius 1 is 2.00 bits per heavy atom. The van der Waals surface area contributed by atoms with Crippen LogP contribution in [-0.2, 0) is 29.2 Å². The van der Waals surface area contributed by atoms with Crippen molar-refractivity contribution in [3.05, 3.63) is 12.7 Å². The minimum Gasteiger partial charge on any atom is -0.440 e. The first-order valence-electron chi connectivity index (χ1n) is 1.61. The van der Waals surface area contributed by atoms with Crippen LogP contribution in [0.25, 0.3) is 0 Å². The summed E-state index contributed by atoms with van der Waals surface area (Å²) in [6, 6.07) is 0. The van der Waals surface area contributed by atoms with Crippen LogP contribution in [0.1, 0.15) is 0 Å². The molecule has 0 aliphatic carbocycles. The van der Waals surface area contributed by atoms with Crippen molar-refractivity contribution in [2.45, 2.75) is 0 Å². The second-order valence-electron chi connectivity index (χ2n) is 0.777. The second-order valence-corrected chi connectivity index (χ2v) is 2.24. The highest BCUT2D eigenvalue weighted by Gasteiger charge is 1.61. The highest BCUT2D eigenvalue weighted by Crippen LogP contribution is 1.71. The predicted molar refractivity (Wildman–Crippen MR) is 31.6 cm³/mol. The molecule has 0 aromatic heterocycles. The van der Waals surface area contributed by atoms with Gasteiger partial charge in [-0.2, -0.15) is 0 Å². The molecule has 4 heteroatoms. The van der Waals surface area contributed by atoms with E-state index in [0.29, 0.717) is 0 Å². The van der Waals surface area contributed by atoms with E-state index >= 15 is 0 Å². The van der Waals surface area contributed by atoms with Gasteiger partial charge in [0.15, 0.2) is 0 Å². The quantitative estimate of drug-likeness (QED) is 0.419. The molecule has 2 nitrogen and oxygen atoms in total. The summed E-state index contributed by atoms with van der Waals surface area (Å²) in [5.41, 5.74) is 0. The highest BCUT2D eigenvalue weighted by atomic mass is 32.8. The van der Waals surface area contributed by atoms with Gasteiger partial charge in [-0.1, -0.05) is 15.7 Å². The van der Waals surface area contributed by atoms with E-state index in [2.05, 4.69) is 22.0 Å². The minimum atomic E-state index is -1.55. The van der Waals surface area contributed by atoms with Crippen molar-refractivity contribution in [1.82, 2.24) is 0 Å². The molecule has 0 unspecified atom stereocenters. The lowest BCUT2D eigenvalue weighted by molar-refractivity contribution is 0.397. The summed E-state index contributed by atoms with van der Waals surface area (Å²) >= 11 is 4.15. The van der Waals surface area contributed by atoms with E-state index in [0.717, 1.165) is 0 Å². The van der Waals surface area contributed by atoms with Crippen molar-refractivity contribution in [3.8, 4) is 0 Å². The van der Waals surface area contributed by atoms with Gasteiger partial charge >= 0.3 is 0 Å². The van der Waals surface area contributed by atoms with E-state index in [9.17, 15) is 4.21 Å². The van der Waals surface area contributed by atoms with Crippen molar-refractivity contribution < 1.29 is 8.39 Å². The fourth-order valence-electron chi connectivity index (χ4n) is 0.104. The van der Waals surface area contributed by atoms with Gasteiger partial charge in [0.05, 0.1) is 0 Å². The molecule has 0 spiro atoms. The van der Waals surface area contributed by atoms with Gasteiger partial charge in [-0.15, -0.1) is 6.58 Å². The molecule has 0 atom stereocenters. The zero-order valence-electron chi connectivity index (χ0n) is 3.62. The lowest BCUT2D eigenvalue weighted by Crippen LogP contribution is -1.82. The maximum absolute atomic E-state index is 9.86. The average Bonchev–Trinajstić information content (AvgIpc) is 1.61. The van der Waals surface area contributed by atoms with Crippen LogP contribution in [0.2, 0.25) is 0 Å². The molecule has 0 heterocycles. The molecule has 0 amide bonds. The maximum Gasteiger partial charge on any atom is 0.0440 e. The van der Waals surface area contributed by atoms with Gasteiger partial charge in [0.25, 0.3) is 0 Å². The molecule has 0 aliphatic heterocycles. The fourth-order valence-corrected chi connectivity index (χ4v) is 0.478. The molecule has 42 valence electrons. The highest BCUT2D eigenvalue weighted by molar-refractivity contribution is 8.19. The lowest BCUT2D eigenvalue weighted by Gasteiger charge is -1.96. The first-order chi connectivity index (χ1) is 3.27. The van der Waals surface area contributed by atoms with Crippen molar-refractivity contribution in [3.63, 3.8) is 0 Å². The van der Waals surface area contributed by atoms with E-state index in [1.165, 1.54) is 6.08 Å². The van der Waals surface area contributed by atoms with Crippen molar-refractivity contribution in [2.75, 3.05) is 6.61 Å². The van der Waals surface area contributed by atoms with Gasteiger partial charge in [-0.25, -0.2) is 11.2 Å². The van der Waals surface area contributed by atoms with Crippen LogP contribution in [0.4, 0.5) is 0 Å². The summed E-state index contributed by atoms with van der Waals surface area (Å²) in [6.45, 7) is 3.59. The van der Waals surface area contributed by atoms with Crippen LogP contribution in [0.15, 0.2) is 12.7 Å². The first-order valence-corrected chi connectivity index (χ1v) is 3.61. The summed E-state index contributed by atoms with van der Waals surface area (Å²) in [7, 11) is -1.55. The first kappa shape index (κ1) is 7.07. The van der Waals surface area contributed by atoms with E-state index in [1.54, 1.807) is 0 Å². The third-order valence-corrected chi connectivity index (χ3v) is 0.899. The summed E-state index contributed by atoms with van der Waals surface area (Å²) in [4.78, 5) is 0. The third-order valence-electron chi connectivity index (χ3n) is 0.282. The Balaban J connectivity index is 3.14. The van der Waals surface area contributed by atoms with Crippen LogP contribution < -0.4 is 0 Å². The fraction of sp³-hybridized carbons (Fsp3) is 0.333. The molecular formula is C3H5O2S2-. The van der Waals surface area contributed by atoms with Crippen molar-refractivity contribution in [1.29, 1.82) is 0 Å². The van der Waals surface area contributed by atoms with E-state index < -0.39 is 9.64 Å². The van der Waals surface area contributed by atoms with E-state index in [-0.39, 0.29) is 6.61 Å². The molecule has 0 bridgehead atoms. The molecule has 0 saturated heterocycles. The van der Waals surface area contributed by atoms with Crippen LogP contribution in [0, 0.1) is 0 Å². The molecule has 0 aliphatic rings. The van der Waals surface area contributed by atoms with Crippen LogP contribution in [0.3, 0.4) is 0 Å². The average molecular weight is 137 g/mol. The van der Waals surface area contributed by atoms with Crippen LogP contribution >= 0.6 is 0 Å². The van der Waals surface area contributed by atoms with E-state index in [1.807, 2.05) is 0 Å². The predicted octanol–water partition coefficient (Wildman–Crippen LogP) is 0.530. The molecule has 0 rings (SSSR count). The Morgan fingerprint density at radius 3 is 2.71 bits per heavy atom. The number of hydrogen-bond acceptors (Lipinski definition) is 4. The third kappa shape index (κ3) is 6.07.